The summed E-state index contributed by atoms with van der Waals surface area (Å²) < 4.78 is 37.0. The molecule has 7 heteroatoms. The SMILES string of the molecule is CC(C)N(CC(=O)NCCc1ccc(F)cc1)S(C)(=O)=O. The van der Waals surface area contributed by atoms with Crippen molar-refractivity contribution in [2.75, 3.05) is 19.3 Å². The number of nitrogens with one attached hydrogen (secondary N) is 1. The van der Waals surface area contributed by atoms with E-state index in [0.717, 1.165) is 16.1 Å². The summed E-state index contributed by atoms with van der Waals surface area (Å²) in [6.45, 7) is 3.61. The van der Waals surface area contributed by atoms with Gasteiger partial charge in [-0.25, -0.2) is 12.8 Å². The minimum atomic E-state index is -3.41. The first-order valence-electron chi connectivity index (χ1n) is 6.68. The van der Waals surface area contributed by atoms with Gasteiger partial charge < -0.3 is 5.32 Å². The zero-order valence-corrected chi connectivity index (χ0v) is 13.3. The first-order valence-corrected chi connectivity index (χ1v) is 8.53. The van der Waals surface area contributed by atoms with Crippen LogP contribution in [0, 0.1) is 5.82 Å². The number of rotatable bonds is 7. The Morgan fingerprint density at radius 1 is 1.29 bits per heavy atom. The smallest absolute Gasteiger partial charge is 0.235 e. The fraction of sp³-hybridized carbons (Fsp3) is 0.500. The molecule has 0 aliphatic rings. The fourth-order valence-electron chi connectivity index (χ4n) is 1.88. The molecule has 1 aromatic rings. The van der Waals surface area contributed by atoms with Crippen LogP contribution in [0.1, 0.15) is 19.4 Å². The van der Waals surface area contributed by atoms with E-state index in [-0.39, 0.29) is 24.3 Å². The number of hydrogen-bond acceptors (Lipinski definition) is 3. The number of benzene rings is 1. The van der Waals surface area contributed by atoms with Crippen LogP contribution in [0.5, 0.6) is 0 Å². The third kappa shape index (κ3) is 6.22. The second-order valence-electron chi connectivity index (χ2n) is 5.13. The van der Waals surface area contributed by atoms with Crippen molar-refractivity contribution in [2.24, 2.45) is 0 Å². The first kappa shape index (κ1) is 17.6. The molecule has 118 valence electrons. The van der Waals surface area contributed by atoms with E-state index < -0.39 is 10.0 Å². The molecule has 21 heavy (non-hydrogen) atoms. The third-order valence-electron chi connectivity index (χ3n) is 2.95. The zero-order valence-electron chi connectivity index (χ0n) is 12.5. The molecule has 0 saturated heterocycles. The molecule has 0 atom stereocenters. The van der Waals surface area contributed by atoms with E-state index >= 15 is 0 Å². The Labute approximate surface area is 125 Å². The van der Waals surface area contributed by atoms with Crippen LogP contribution in [0.25, 0.3) is 0 Å². The van der Waals surface area contributed by atoms with E-state index in [1.54, 1.807) is 26.0 Å². The summed E-state index contributed by atoms with van der Waals surface area (Å²) in [5, 5.41) is 2.66. The monoisotopic (exact) mass is 316 g/mol. The van der Waals surface area contributed by atoms with Gasteiger partial charge in [-0.2, -0.15) is 4.31 Å². The van der Waals surface area contributed by atoms with Gasteiger partial charge in [-0.15, -0.1) is 0 Å². The van der Waals surface area contributed by atoms with E-state index in [0.29, 0.717) is 13.0 Å². The normalized spacial score (nSPS) is 11.9. The molecule has 0 aromatic heterocycles. The summed E-state index contributed by atoms with van der Waals surface area (Å²) in [6.07, 6.45) is 1.64. The first-order chi connectivity index (χ1) is 9.70. The zero-order chi connectivity index (χ0) is 16.0. The van der Waals surface area contributed by atoms with Crippen molar-refractivity contribution >= 4 is 15.9 Å². The van der Waals surface area contributed by atoms with Gasteiger partial charge in [0, 0.05) is 12.6 Å². The largest absolute Gasteiger partial charge is 0.355 e. The Bertz CT molecular complexity index is 570. The molecule has 0 heterocycles. The molecule has 0 radical (unpaired) electrons. The molecule has 5 nitrogen and oxygen atoms in total. The minimum absolute atomic E-state index is 0.195. The van der Waals surface area contributed by atoms with Gasteiger partial charge >= 0.3 is 0 Å². The van der Waals surface area contributed by atoms with Gasteiger partial charge in [0.25, 0.3) is 0 Å². The molecule has 0 spiro atoms. The number of hydrogen-bond donors (Lipinski definition) is 1. The van der Waals surface area contributed by atoms with Gasteiger partial charge in [0.1, 0.15) is 5.82 Å². The van der Waals surface area contributed by atoms with E-state index in [1.807, 2.05) is 0 Å². The van der Waals surface area contributed by atoms with Crippen LogP contribution in [0.2, 0.25) is 0 Å². The topological polar surface area (TPSA) is 66.5 Å². The number of amides is 1. The Balaban J connectivity index is 2.45. The Morgan fingerprint density at radius 3 is 2.33 bits per heavy atom. The Hall–Kier alpha value is -1.47. The summed E-state index contributed by atoms with van der Waals surface area (Å²) in [4.78, 5) is 11.8. The highest BCUT2D eigenvalue weighted by Gasteiger charge is 2.22. The van der Waals surface area contributed by atoms with Gasteiger partial charge in [0.2, 0.25) is 15.9 Å². The second-order valence-corrected chi connectivity index (χ2v) is 7.06. The Kier molecular flexibility index (Phi) is 6.29. The van der Waals surface area contributed by atoms with Crippen molar-refractivity contribution in [3.8, 4) is 0 Å². The number of carbonyl (C=O) groups is 1. The fourth-order valence-corrected chi connectivity index (χ4v) is 3.00. The van der Waals surface area contributed by atoms with E-state index in [2.05, 4.69) is 5.32 Å². The summed E-state index contributed by atoms with van der Waals surface area (Å²) in [5.74, 6) is -0.653. The van der Waals surface area contributed by atoms with Crippen molar-refractivity contribution in [3.63, 3.8) is 0 Å². The molecule has 0 aliphatic heterocycles. The molecule has 0 fully saturated rings. The second kappa shape index (κ2) is 7.51. The predicted molar refractivity (Wildman–Crippen MR) is 79.8 cm³/mol. The average Bonchev–Trinajstić information content (AvgIpc) is 2.36. The number of nitrogens with zero attached hydrogens (tertiary/aromatic N) is 1. The van der Waals surface area contributed by atoms with Crippen LogP contribution >= 0.6 is 0 Å². The van der Waals surface area contributed by atoms with Crippen molar-refractivity contribution in [2.45, 2.75) is 26.3 Å². The van der Waals surface area contributed by atoms with Gasteiger partial charge in [0.15, 0.2) is 0 Å². The molecule has 1 N–H and O–H groups in total. The van der Waals surface area contributed by atoms with E-state index in [9.17, 15) is 17.6 Å². The highest BCUT2D eigenvalue weighted by Crippen LogP contribution is 2.05. The highest BCUT2D eigenvalue weighted by molar-refractivity contribution is 7.88. The quantitative estimate of drug-likeness (QED) is 0.821. The predicted octanol–water partition coefficient (Wildman–Crippen LogP) is 1.15. The molecule has 1 aromatic carbocycles. The lowest BCUT2D eigenvalue weighted by atomic mass is 10.1. The Morgan fingerprint density at radius 2 is 1.86 bits per heavy atom. The van der Waals surface area contributed by atoms with Gasteiger partial charge in [0.05, 0.1) is 12.8 Å². The van der Waals surface area contributed by atoms with Crippen LogP contribution in [-0.2, 0) is 21.2 Å². The lowest BCUT2D eigenvalue weighted by molar-refractivity contribution is -0.121. The van der Waals surface area contributed by atoms with Crippen LogP contribution in [-0.4, -0.2) is 44.0 Å². The molecule has 1 rings (SSSR count). The molecule has 1 amide bonds. The summed E-state index contributed by atoms with van der Waals surface area (Å²) >= 11 is 0. The molecular formula is C14H21FN2O3S. The van der Waals surface area contributed by atoms with Crippen LogP contribution in [0.15, 0.2) is 24.3 Å². The number of sulfonamides is 1. The number of carbonyl (C=O) groups excluding carboxylic acids is 1. The summed E-state index contributed by atoms with van der Waals surface area (Å²) in [7, 11) is -3.41. The number of halogens is 1. The summed E-state index contributed by atoms with van der Waals surface area (Å²) in [5.41, 5.74) is 0.903. The van der Waals surface area contributed by atoms with Crippen LogP contribution in [0.3, 0.4) is 0 Å². The van der Waals surface area contributed by atoms with Crippen molar-refractivity contribution in [1.29, 1.82) is 0 Å². The molecular weight excluding hydrogens is 295 g/mol. The van der Waals surface area contributed by atoms with E-state index in [1.165, 1.54) is 12.1 Å². The van der Waals surface area contributed by atoms with Crippen molar-refractivity contribution in [1.82, 2.24) is 9.62 Å². The third-order valence-corrected chi connectivity index (χ3v) is 4.35. The maximum Gasteiger partial charge on any atom is 0.235 e. The standard InChI is InChI=1S/C14H21FN2O3S/c1-11(2)17(21(3,19)20)10-14(18)16-9-8-12-4-6-13(15)7-5-12/h4-7,11H,8-10H2,1-3H3,(H,16,18). The van der Waals surface area contributed by atoms with Gasteiger partial charge in [-0.1, -0.05) is 12.1 Å². The highest BCUT2D eigenvalue weighted by atomic mass is 32.2. The molecule has 0 bridgehead atoms. The van der Waals surface area contributed by atoms with Gasteiger partial charge in [-0.3, -0.25) is 4.79 Å². The molecule has 0 aliphatic carbocycles. The van der Waals surface area contributed by atoms with Crippen LogP contribution < -0.4 is 5.32 Å². The van der Waals surface area contributed by atoms with E-state index in [4.69, 9.17) is 0 Å². The minimum Gasteiger partial charge on any atom is -0.355 e. The molecule has 0 unspecified atom stereocenters. The lowest BCUT2D eigenvalue weighted by Gasteiger charge is -2.23. The maximum absolute atomic E-state index is 12.7. The molecule has 0 saturated carbocycles. The maximum atomic E-state index is 12.7. The summed E-state index contributed by atoms with van der Waals surface area (Å²) in [6, 6.07) is 5.75. The van der Waals surface area contributed by atoms with Crippen molar-refractivity contribution in [3.05, 3.63) is 35.6 Å². The van der Waals surface area contributed by atoms with Gasteiger partial charge in [-0.05, 0) is 38.0 Å². The van der Waals surface area contributed by atoms with Crippen LogP contribution in [0.4, 0.5) is 4.39 Å². The average molecular weight is 316 g/mol. The lowest BCUT2D eigenvalue weighted by Crippen LogP contribution is -2.44. The van der Waals surface area contributed by atoms with Crippen molar-refractivity contribution < 1.29 is 17.6 Å².